The van der Waals surface area contributed by atoms with Crippen molar-refractivity contribution in [2.24, 2.45) is 5.92 Å². The van der Waals surface area contributed by atoms with Crippen LogP contribution in [0.25, 0.3) is 0 Å². The van der Waals surface area contributed by atoms with Crippen LogP contribution in [0.15, 0.2) is 24.3 Å². The van der Waals surface area contributed by atoms with Gasteiger partial charge in [0, 0.05) is 6.54 Å². The number of aryl methyl sites for hydroxylation is 1. The van der Waals surface area contributed by atoms with Crippen LogP contribution in [-0.2, 0) is 4.74 Å². The highest BCUT2D eigenvalue weighted by atomic mass is 16.6. The van der Waals surface area contributed by atoms with Gasteiger partial charge in [0.05, 0.1) is 0 Å². The number of benzene rings is 1. The normalized spacial score (nSPS) is 14.5. The predicted octanol–water partition coefficient (Wildman–Crippen LogP) is 4.26. The molecule has 3 heteroatoms. The zero-order chi connectivity index (χ0) is 15.3. The molecule has 1 aromatic carbocycles. The molecule has 0 aromatic heterocycles. The first-order chi connectivity index (χ1) is 9.19. The molecule has 112 valence electrons. The topological polar surface area (TPSA) is 38.3 Å². The largest absolute Gasteiger partial charge is 0.444 e. The molecule has 0 unspecified atom stereocenters. The van der Waals surface area contributed by atoms with Gasteiger partial charge in [-0.25, -0.2) is 4.79 Å². The van der Waals surface area contributed by atoms with Crippen LogP contribution >= 0.6 is 0 Å². The highest BCUT2D eigenvalue weighted by Gasteiger charge is 2.19. The van der Waals surface area contributed by atoms with E-state index in [1.54, 1.807) is 0 Å². The smallest absolute Gasteiger partial charge is 0.407 e. The number of carbonyl (C=O) groups is 1. The third-order valence-corrected chi connectivity index (χ3v) is 3.42. The van der Waals surface area contributed by atoms with Crippen LogP contribution in [0, 0.1) is 12.8 Å². The lowest BCUT2D eigenvalue weighted by molar-refractivity contribution is 0.0518. The van der Waals surface area contributed by atoms with Crippen LogP contribution < -0.4 is 5.32 Å². The molecule has 0 heterocycles. The number of hydrogen-bond acceptors (Lipinski definition) is 2. The quantitative estimate of drug-likeness (QED) is 0.893. The summed E-state index contributed by atoms with van der Waals surface area (Å²) in [6, 6.07) is 8.56. The molecule has 1 N–H and O–H groups in total. The maximum absolute atomic E-state index is 11.6. The number of nitrogens with one attached hydrogen (secondary N) is 1. The number of carbonyl (C=O) groups excluding carboxylic acids is 1. The molecule has 0 aliphatic rings. The van der Waals surface area contributed by atoms with E-state index in [0.29, 0.717) is 18.4 Å². The second-order valence-electron chi connectivity index (χ2n) is 6.56. The Morgan fingerprint density at radius 2 is 1.75 bits per heavy atom. The summed E-state index contributed by atoms with van der Waals surface area (Å²) in [5.74, 6) is 0.746. The standard InChI is InChI=1S/C17H27NO2/c1-12-7-9-15(10-8-12)14(3)13(2)11-18-16(19)20-17(4,5)6/h7-10,13-14H,11H2,1-6H3,(H,18,19)/t13-,14+/m0/s1. The van der Waals surface area contributed by atoms with Crippen LogP contribution in [0.4, 0.5) is 4.79 Å². The molecule has 20 heavy (non-hydrogen) atoms. The first-order valence-corrected chi connectivity index (χ1v) is 7.22. The van der Waals surface area contributed by atoms with Gasteiger partial charge in [0.15, 0.2) is 0 Å². The number of ether oxygens (including phenoxy) is 1. The highest BCUT2D eigenvalue weighted by molar-refractivity contribution is 5.67. The van der Waals surface area contributed by atoms with Crippen molar-refractivity contribution >= 4 is 6.09 Å². The lowest BCUT2D eigenvalue weighted by Gasteiger charge is -2.23. The molecule has 1 aromatic rings. The van der Waals surface area contributed by atoms with Gasteiger partial charge in [-0.15, -0.1) is 0 Å². The Hall–Kier alpha value is -1.51. The molecule has 0 bridgehead atoms. The molecule has 0 aliphatic carbocycles. The maximum atomic E-state index is 11.6. The molecule has 0 spiro atoms. The Morgan fingerprint density at radius 3 is 2.25 bits per heavy atom. The average molecular weight is 277 g/mol. The summed E-state index contributed by atoms with van der Waals surface area (Å²) in [5, 5.41) is 2.84. The molecule has 0 radical (unpaired) electrons. The third-order valence-electron chi connectivity index (χ3n) is 3.42. The Kier molecular flexibility index (Phi) is 5.61. The van der Waals surface area contributed by atoms with Gasteiger partial charge in [0.2, 0.25) is 0 Å². The van der Waals surface area contributed by atoms with Crippen LogP contribution in [-0.4, -0.2) is 18.2 Å². The number of amides is 1. The Balaban J connectivity index is 2.48. The molecular weight excluding hydrogens is 250 g/mol. The minimum Gasteiger partial charge on any atom is -0.444 e. The van der Waals surface area contributed by atoms with Gasteiger partial charge in [0.1, 0.15) is 5.60 Å². The number of hydrogen-bond donors (Lipinski definition) is 1. The molecule has 1 rings (SSSR count). The average Bonchev–Trinajstić information content (AvgIpc) is 2.34. The van der Waals surface area contributed by atoms with Crippen molar-refractivity contribution in [1.29, 1.82) is 0 Å². The molecule has 3 nitrogen and oxygen atoms in total. The molecule has 1 amide bonds. The van der Waals surface area contributed by atoms with Gasteiger partial charge in [-0.3, -0.25) is 0 Å². The maximum Gasteiger partial charge on any atom is 0.407 e. The summed E-state index contributed by atoms with van der Waals surface area (Å²) < 4.78 is 5.24. The monoisotopic (exact) mass is 277 g/mol. The Morgan fingerprint density at radius 1 is 1.20 bits per heavy atom. The van der Waals surface area contributed by atoms with Crippen LogP contribution in [0.3, 0.4) is 0 Å². The fourth-order valence-corrected chi connectivity index (χ4v) is 1.93. The number of alkyl carbamates (subject to hydrolysis) is 1. The van der Waals surface area contributed by atoms with Crippen LogP contribution in [0.5, 0.6) is 0 Å². The molecule has 2 atom stereocenters. The highest BCUT2D eigenvalue weighted by Crippen LogP contribution is 2.23. The minimum absolute atomic E-state index is 0.347. The van der Waals surface area contributed by atoms with Gasteiger partial charge in [-0.1, -0.05) is 43.7 Å². The zero-order valence-corrected chi connectivity index (χ0v) is 13.5. The van der Waals surface area contributed by atoms with E-state index in [1.807, 2.05) is 20.8 Å². The summed E-state index contributed by atoms with van der Waals surface area (Å²) in [4.78, 5) is 11.6. The van der Waals surface area contributed by atoms with Crippen molar-refractivity contribution < 1.29 is 9.53 Å². The second-order valence-corrected chi connectivity index (χ2v) is 6.56. The second kappa shape index (κ2) is 6.78. The van der Waals surface area contributed by atoms with Crippen LogP contribution in [0.2, 0.25) is 0 Å². The predicted molar refractivity (Wildman–Crippen MR) is 83.0 cm³/mol. The minimum atomic E-state index is -0.449. The molecule has 0 aliphatic heterocycles. The van der Waals surface area contributed by atoms with Crippen molar-refractivity contribution in [3.8, 4) is 0 Å². The van der Waals surface area contributed by atoms with E-state index >= 15 is 0 Å². The molecular formula is C17H27NO2. The van der Waals surface area contributed by atoms with E-state index in [-0.39, 0.29) is 6.09 Å². The zero-order valence-electron chi connectivity index (χ0n) is 13.5. The van der Waals surface area contributed by atoms with Crippen molar-refractivity contribution in [1.82, 2.24) is 5.32 Å². The van der Waals surface area contributed by atoms with Gasteiger partial charge in [-0.2, -0.15) is 0 Å². The molecule has 0 saturated heterocycles. The lowest BCUT2D eigenvalue weighted by atomic mass is 9.88. The van der Waals surface area contributed by atoms with Crippen molar-refractivity contribution in [3.05, 3.63) is 35.4 Å². The third kappa shape index (κ3) is 5.64. The van der Waals surface area contributed by atoms with E-state index in [0.717, 1.165) is 0 Å². The summed E-state index contributed by atoms with van der Waals surface area (Å²) in [6.45, 7) is 12.6. The molecule has 0 saturated carbocycles. The Labute approximate surface area is 122 Å². The SMILES string of the molecule is Cc1ccc([C@H](C)[C@@H](C)CNC(=O)OC(C)(C)C)cc1. The van der Waals surface area contributed by atoms with Crippen molar-refractivity contribution in [3.63, 3.8) is 0 Å². The number of rotatable bonds is 4. The van der Waals surface area contributed by atoms with Crippen LogP contribution in [0.1, 0.15) is 51.7 Å². The fraction of sp³-hybridized carbons (Fsp3) is 0.588. The van der Waals surface area contributed by atoms with Gasteiger partial charge < -0.3 is 10.1 Å². The van der Waals surface area contributed by atoms with E-state index in [1.165, 1.54) is 11.1 Å². The van der Waals surface area contributed by atoms with Crippen molar-refractivity contribution in [2.45, 2.75) is 53.1 Å². The molecule has 0 fully saturated rings. The first kappa shape index (κ1) is 16.5. The van der Waals surface area contributed by atoms with E-state index in [4.69, 9.17) is 4.74 Å². The van der Waals surface area contributed by atoms with E-state index < -0.39 is 5.60 Å². The first-order valence-electron chi connectivity index (χ1n) is 7.22. The van der Waals surface area contributed by atoms with Gasteiger partial charge >= 0.3 is 6.09 Å². The van der Waals surface area contributed by atoms with E-state index in [9.17, 15) is 4.79 Å². The van der Waals surface area contributed by atoms with Gasteiger partial charge in [-0.05, 0) is 45.1 Å². The van der Waals surface area contributed by atoms with Crippen molar-refractivity contribution in [2.75, 3.05) is 6.54 Å². The summed E-state index contributed by atoms with van der Waals surface area (Å²) in [7, 11) is 0. The summed E-state index contributed by atoms with van der Waals surface area (Å²) in [5.41, 5.74) is 2.12. The summed E-state index contributed by atoms with van der Waals surface area (Å²) in [6.07, 6.45) is -0.347. The summed E-state index contributed by atoms with van der Waals surface area (Å²) >= 11 is 0. The van der Waals surface area contributed by atoms with E-state index in [2.05, 4.69) is 50.4 Å². The lowest BCUT2D eigenvalue weighted by Crippen LogP contribution is -2.35. The van der Waals surface area contributed by atoms with Gasteiger partial charge in [0.25, 0.3) is 0 Å². The fourth-order valence-electron chi connectivity index (χ4n) is 1.93. The Bertz CT molecular complexity index is 431.